The summed E-state index contributed by atoms with van der Waals surface area (Å²) in [5.74, 6) is -0.785. The maximum atomic E-state index is 12.7. The van der Waals surface area contributed by atoms with E-state index >= 15 is 0 Å². The monoisotopic (exact) mass is 331 g/mol. The first-order valence-corrected chi connectivity index (χ1v) is 8.52. The van der Waals surface area contributed by atoms with Gasteiger partial charge in [-0.3, -0.25) is 4.79 Å². The van der Waals surface area contributed by atoms with E-state index in [-0.39, 0.29) is 22.4 Å². The highest BCUT2D eigenvalue weighted by atomic mass is 35.5. The van der Waals surface area contributed by atoms with E-state index in [1.54, 1.807) is 12.1 Å². The normalized spacial score (nSPS) is 20.2. The minimum atomic E-state index is -3.69. The molecule has 1 saturated heterocycles. The number of ether oxygens (including phenoxy) is 1. The lowest BCUT2D eigenvalue weighted by molar-refractivity contribution is -0.146. The van der Waals surface area contributed by atoms with Crippen molar-refractivity contribution in [1.29, 1.82) is 0 Å². The van der Waals surface area contributed by atoms with Crippen LogP contribution in [-0.2, 0) is 19.6 Å². The molecule has 7 heteroatoms. The molecule has 0 unspecified atom stereocenters. The second kappa shape index (κ2) is 6.34. The highest BCUT2D eigenvalue weighted by molar-refractivity contribution is 7.89. The van der Waals surface area contributed by atoms with E-state index in [0.29, 0.717) is 19.4 Å². The summed E-state index contributed by atoms with van der Waals surface area (Å²) in [6.45, 7) is 2.37. The van der Waals surface area contributed by atoms with E-state index in [2.05, 4.69) is 0 Å². The summed E-state index contributed by atoms with van der Waals surface area (Å²) in [4.78, 5) is 11.7. The van der Waals surface area contributed by atoms with Crippen LogP contribution in [0.4, 0.5) is 0 Å². The summed E-state index contributed by atoms with van der Waals surface area (Å²) >= 11 is 6.06. The second-order valence-electron chi connectivity index (χ2n) is 5.16. The molecule has 1 aliphatic heterocycles. The number of hydrogen-bond donors (Lipinski definition) is 0. The number of carbonyl (C=O) groups is 1. The van der Waals surface area contributed by atoms with E-state index in [1.807, 2.05) is 6.92 Å². The Bertz CT molecular complexity index is 644. The molecule has 1 aromatic rings. The van der Waals surface area contributed by atoms with Crippen LogP contribution in [-0.4, -0.2) is 38.9 Å². The first-order valence-electron chi connectivity index (χ1n) is 6.70. The van der Waals surface area contributed by atoms with Crippen LogP contribution in [0.1, 0.15) is 18.4 Å². The molecule has 1 aliphatic rings. The molecular weight excluding hydrogens is 314 g/mol. The zero-order valence-electron chi connectivity index (χ0n) is 12.0. The first kappa shape index (κ1) is 16.3. The van der Waals surface area contributed by atoms with Crippen LogP contribution in [0, 0.1) is 12.8 Å². The standard InChI is InChI=1S/C14H18ClNO4S/c1-10-5-6-13(12(15)8-10)21(18,19)16-7-3-4-11(9-16)14(17)20-2/h5-6,8,11H,3-4,7,9H2,1-2H3/t11-/m0/s1. The van der Waals surface area contributed by atoms with E-state index in [4.69, 9.17) is 16.3 Å². The molecule has 0 amide bonds. The van der Waals surface area contributed by atoms with Gasteiger partial charge >= 0.3 is 5.97 Å². The molecule has 1 fully saturated rings. The fourth-order valence-corrected chi connectivity index (χ4v) is 4.57. The topological polar surface area (TPSA) is 63.7 Å². The van der Waals surface area contributed by atoms with Crippen molar-refractivity contribution in [2.75, 3.05) is 20.2 Å². The van der Waals surface area contributed by atoms with Gasteiger partial charge < -0.3 is 4.74 Å². The van der Waals surface area contributed by atoms with Crippen molar-refractivity contribution in [1.82, 2.24) is 4.31 Å². The zero-order chi connectivity index (χ0) is 15.6. The van der Waals surface area contributed by atoms with Crippen LogP contribution < -0.4 is 0 Å². The van der Waals surface area contributed by atoms with Crippen molar-refractivity contribution in [2.45, 2.75) is 24.7 Å². The van der Waals surface area contributed by atoms with Crippen molar-refractivity contribution in [3.8, 4) is 0 Å². The molecule has 21 heavy (non-hydrogen) atoms. The number of hydrogen-bond acceptors (Lipinski definition) is 4. The molecule has 1 atom stereocenters. The number of esters is 1. The van der Waals surface area contributed by atoms with Gasteiger partial charge in [0.15, 0.2) is 0 Å². The zero-order valence-corrected chi connectivity index (χ0v) is 13.6. The number of nitrogens with zero attached hydrogens (tertiary/aromatic N) is 1. The van der Waals surface area contributed by atoms with Gasteiger partial charge in [0, 0.05) is 13.1 Å². The summed E-state index contributed by atoms with van der Waals surface area (Å²) in [7, 11) is -2.38. The number of piperidine rings is 1. The molecule has 5 nitrogen and oxygen atoms in total. The minimum Gasteiger partial charge on any atom is -0.469 e. The van der Waals surface area contributed by atoms with Gasteiger partial charge in [0.2, 0.25) is 10.0 Å². The highest BCUT2D eigenvalue weighted by Crippen LogP contribution is 2.29. The van der Waals surface area contributed by atoms with Gasteiger partial charge in [0.05, 0.1) is 18.1 Å². The summed E-state index contributed by atoms with van der Waals surface area (Å²) in [6, 6.07) is 4.84. The Hall–Kier alpha value is -1.11. The number of benzene rings is 1. The van der Waals surface area contributed by atoms with Gasteiger partial charge in [-0.2, -0.15) is 4.31 Å². The summed E-state index contributed by atoms with van der Waals surface area (Å²) < 4.78 is 31.4. The molecule has 1 heterocycles. The third-order valence-corrected chi connectivity index (χ3v) is 5.97. The third-order valence-electron chi connectivity index (χ3n) is 3.62. The van der Waals surface area contributed by atoms with Crippen LogP contribution >= 0.6 is 11.6 Å². The average Bonchev–Trinajstić information content (AvgIpc) is 2.46. The van der Waals surface area contributed by atoms with Crippen molar-refractivity contribution in [2.24, 2.45) is 5.92 Å². The van der Waals surface area contributed by atoms with Crippen molar-refractivity contribution < 1.29 is 17.9 Å². The summed E-state index contributed by atoms with van der Waals surface area (Å²) in [5.41, 5.74) is 0.894. The van der Waals surface area contributed by atoms with Crippen LogP contribution in [0.5, 0.6) is 0 Å². The molecule has 0 N–H and O–H groups in total. The molecule has 0 bridgehead atoms. The lowest BCUT2D eigenvalue weighted by atomic mass is 10.0. The van der Waals surface area contributed by atoms with Gasteiger partial charge in [0.25, 0.3) is 0 Å². The Morgan fingerprint density at radius 3 is 2.76 bits per heavy atom. The fourth-order valence-electron chi connectivity index (χ4n) is 2.47. The first-order chi connectivity index (χ1) is 9.86. The predicted octanol–water partition coefficient (Wildman–Crippen LogP) is 2.22. The Morgan fingerprint density at radius 1 is 1.43 bits per heavy atom. The molecule has 0 saturated carbocycles. The quantitative estimate of drug-likeness (QED) is 0.797. The van der Waals surface area contributed by atoms with Gasteiger partial charge in [-0.25, -0.2) is 8.42 Å². The molecule has 0 radical (unpaired) electrons. The predicted molar refractivity (Wildman–Crippen MR) is 79.7 cm³/mol. The maximum Gasteiger partial charge on any atom is 0.309 e. The molecule has 0 spiro atoms. The van der Waals surface area contributed by atoms with E-state index in [0.717, 1.165) is 5.56 Å². The van der Waals surface area contributed by atoms with Gasteiger partial charge in [-0.15, -0.1) is 0 Å². The smallest absolute Gasteiger partial charge is 0.309 e. The number of aryl methyl sites for hydroxylation is 1. The van der Waals surface area contributed by atoms with Crippen LogP contribution in [0.15, 0.2) is 23.1 Å². The maximum absolute atomic E-state index is 12.7. The highest BCUT2D eigenvalue weighted by Gasteiger charge is 2.34. The molecule has 0 aliphatic carbocycles. The largest absolute Gasteiger partial charge is 0.469 e. The van der Waals surface area contributed by atoms with Crippen molar-refractivity contribution in [3.05, 3.63) is 28.8 Å². The minimum absolute atomic E-state index is 0.0836. The number of carbonyl (C=O) groups excluding carboxylic acids is 1. The second-order valence-corrected chi connectivity index (χ2v) is 7.47. The number of sulfonamides is 1. The van der Waals surface area contributed by atoms with Crippen molar-refractivity contribution in [3.63, 3.8) is 0 Å². The van der Waals surface area contributed by atoms with Gasteiger partial charge in [-0.1, -0.05) is 17.7 Å². The van der Waals surface area contributed by atoms with Gasteiger partial charge in [0.1, 0.15) is 4.90 Å². The lowest BCUT2D eigenvalue weighted by Crippen LogP contribution is -2.42. The van der Waals surface area contributed by atoms with Crippen LogP contribution in [0.2, 0.25) is 5.02 Å². The van der Waals surface area contributed by atoms with E-state index < -0.39 is 15.9 Å². The Morgan fingerprint density at radius 2 is 2.14 bits per heavy atom. The van der Waals surface area contributed by atoms with E-state index in [9.17, 15) is 13.2 Å². The number of methoxy groups -OCH3 is 1. The molecule has 0 aromatic heterocycles. The molecular formula is C14H18ClNO4S. The van der Waals surface area contributed by atoms with Crippen molar-refractivity contribution >= 4 is 27.6 Å². The number of rotatable bonds is 3. The Kier molecular flexibility index (Phi) is 4.91. The molecule has 1 aromatic carbocycles. The van der Waals surface area contributed by atoms with E-state index in [1.165, 1.54) is 17.5 Å². The Balaban J connectivity index is 2.28. The van der Waals surface area contributed by atoms with Gasteiger partial charge in [-0.05, 0) is 37.5 Å². The third kappa shape index (κ3) is 3.39. The molecule has 2 rings (SSSR count). The fraction of sp³-hybridized carbons (Fsp3) is 0.500. The molecule has 116 valence electrons. The summed E-state index contributed by atoms with van der Waals surface area (Å²) in [6.07, 6.45) is 1.27. The lowest BCUT2D eigenvalue weighted by Gasteiger charge is -2.30. The van der Waals surface area contributed by atoms with Crippen LogP contribution in [0.3, 0.4) is 0 Å². The van der Waals surface area contributed by atoms with Crippen LogP contribution in [0.25, 0.3) is 0 Å². The SMILES string of the molecule is COC(=O)[C@H]1CCCN(S(=O)(=O)c2ccc(C)cc2Cl)C1. The average molecular weight is 332 g/mol. The number of halogens is 1. The summed E-state index contributed by atoms with van der Waals surface area (Å²) in [5, 5.41) is 0.204. The Labute approximate surface area is 129 Å².